The number of aromatic hydroxyl groups is 1. The summed E-state index contributed by atoms with van der Waals surface area (Å²) in [7, 11) is 1.56. The average Bonchev–Trinajstić information content (AvgIpc) is 2.38. The molecule has 0 saturated heterocycles. The number of phenols is 1. The van der Waals surface area contributed by atoms with E-state index in [1.54, 1.807) is 26.1 Å². The second kappa shape index (κ2) is 6.93. The number of amides is 2. The van der Waals surface area contributed by atoms with Gasteiger partial charge in [-0.2, -0.15) is 0 Å². The van der Waals surface area contributed by atoms with Gasteiger partial charge in [-0.3, -0.25) is 9.59 Å². The Balaban J connectivity index is 2.62. The van der Waals surface area contributed by atoms with Crippen molar-refractivity contribution in [3.05, 3.63) is 29.3 Å². The van der Waals surface area contributed by atoms with Crippen LogP contribution in [0.5, 0.6) is 5.75 Å². The van der Waals surface area contributed by atoms with Crippen LogP contribution in [0, 0.1) is 12.8 Å². The van der Waals surface area contributed by atoms with E-state index >= 15 is 0 Å². The average molecular weight is 278 g/mol. The van der Waals surface area contributed by atoms with Gasteiger partial charge in [0.05, 0.1) is 6.54 Å². The van der Waals surface area contributed by atoms with Gasteiger partial charge in [-0.15, -0.1) is 0 Å². The SMILES string of the molecule is Cc1ccc(C(=O)N(C)CC(=O)NCC(C)C)cc1O. The normalized spacial score (nSPS) is 10.4. The molecule has 1 aromatic rings. The van der Waals surface area contributed by atoms with Gasteiger partial charge >= 0.3 is 0 Å². The van der Waals surface area contributed by atoms with Crippen molar-refractivity contribution in [2.75, 3.05) is 20.1 Å². The fourth-order valence-corrected chi connectivity index (χ4v) is 1.62. The largest absolute Gasteiger partial charge is 0.508 e. The van der Waals surface area contributed by atoms with Gasteiger partial charge in [-0.25, -0.2) is 0 Å². The molecule has 0 fully saturated rings. The molecule has 0 aliphatic carbocycles. The molecular formula is C15H22N2O3. The summed E-state index contributed by atoms with van der Waals surface area (Å²) >= 11 is 0. The zero-order valence-electron chi connectivity index (χ0n) is 12.4. The second-order valence-corrected chi connectivity index (χ2v) is 5.36. The highest BCUT2D eigenvalue weighted by Crippen LogP contribution is 2.18. The minimum Gasteiger partial charge on any atom is -0.508 e. The smallest absolute Gasteiger partial charge is 0.254 e. The Kier molecular flexibility index (Phi) is 5.55. The number of benzene rings is 1. The number of carbonyl (C=O) groups excluding carboxylic acids is 2. The standard InChI is InChI=1S/C15H22N2O3/c1-10(2)8-16-14(19)9-17(4)15(20)12-6-5-11(3)13(18)7-12/h5-7,10,18H,8-9H2,1-4H3,(H,16,19). The van der Waals surface area contributed by atoms with E-state index in [2.05, 4.69) is 5.32 Å². The minimum atomic E-state index is -0.292. The number of aryl methyl sites for hydroxylation is 1. The second-order valence-electron chi connectivity index (χ2n) is 5.36. The number of nitrogens with one attached hydrogen (secondary N) is 1. The third-order valence-corrected chi connectivity index (χ3v) is 2.89. The van der Waals surface area contributed by atoms with Crippen molar-refractivity contribution in [1.29, 1.82) is 0 Å². The summed E-state index contributed by atoms with van der Waals surface area (Å²) in [4.78, 5) is 25.1. The van der Waals surface area contributed by atoms with Crippen LogP contribution >= 0.6 is 0 Å². The fourth-order valence-electron chi connectivity index (χ4n) is 1.62. The first-order chi connectivity index (χ1) is 9.31. The van der Waals surface area contributed by atoms with Crippen LogP contribution in [0.15, 0.2) is 18.2 Å². The third kappa shape index (κ3) is 4.57. The quantitative estimate of drug-likeness (QED) is 0.858. The predicted molar refractivity (Wildman–Crippen MR) is 77.7 cm³/mol. The molecule has 1 aromatic carbocycles. The van der Waals surface area contributed by atoms with Crippen LogP contribution < -0.4 is 5.32 Å². The summed E-state index contributed by atoms with van der Waals surface area (Å²) in [5.41, 5.74) is 1.08. The molecule has 0 heterocycles. The van der Waals surface area contributed by atoms with Gasteiger partial charge in [0.25, 0.3) is 5.91 Å². The van der Waals surface area contributed by atoms with Crippen LogP contribution in [-0.4, -0.2) is 42.0 Å². The van der Waals surface area contributed by atoms with Gasteiger partial charge in [-0.1, -0.05) is 19.9 Å². The van der Waals surface area contributed by atoms with Crippen LogP contribution in [0.3, 0.4) is 0 Å². The molecule has 0 spiro atoms. The molecule has 5 heteroatoms. The highest BCUT2D eigenvalue weighted by molar-refractivity contribution is 5.96. The number of nitrogens with zero attached hydrogens (tertiary/aromatic N) is 1. The number of carbonyl (C=O) groups is 2. The van der Waals surface area contributed by atoms with Gasteiger partial charge in [0.2, 0.25) is 5.91 Å². The van der Waals surface area contributed by atoms with E-state index in [1.165, 1.54) is 11.0 Å². The van der Waals surface area contributed by atoms with E-state index in [0.29, 0.717) is 23.6 Å². The third-order valence-electron chi connectivity index (χ3n) is 2.89. The van der Waals surface area contributed by atoms with Crippen molar-refractivity contribution in [3.63, 3.8) is 0 Å². The molecule has 0 bridgehead atoms. The molecule has 20 heavy (non-hydrogen) atoms. The molecule has 0 atom stereocenters. The van der Waals surface area contributed by atoms with Crippen molar-refractivity contribution < 1.29 is 14.7 Å². The molecule has 0 aliphatic rings. The summed E-state index contributed by atoms with van der Waals surface area (Å²) in [5, 5.41) is 12.4. The maximum Gasteiger partial charge on any atom is 0.254 e. The van der Waals surface area contributed by atoms with Gasteiger partial charge in [-0.05, 0) is 30.5 Å². The Hall–Kier alpha value is -2.04. The summed E-state index contributed by atoms with van der Waals surface area (Å²) in [5.74, 6) is -0.0339. The van der Waals surface area contributed by atoms with Crippen LogP contribution in [0.25, 0.3) is 0 Å². The number of phenolic OH excluding ortho intramolecular Hbond substituents is 1. The lowest BCUT2D eigenvalue weighted by molar-refractivity contribution is -0.121. The number of likely N-dealkylation sites (N-methyl/N-ethyl adjacent to an activating group) is 1. The number of hydrogen-bond donors (Lipinski definition) is 2. The Morgan fingerprint density at radius 3 is 2.55 bits per heavy atom. The lowest BCUT2D eigenvalue weighted by Gasteiger charge is -2.17. The van der Waals surface area contributed by atoms with Crippen molar-refractivity contribution in [2.45, 2.75) is 20.8 Å². The van der Waals surface area contributed by atoms with Crippen LogP contribution in [0.4, 0.5) is 0 Å². The molecule has 0 aromatic heterocycles. The zero-order chi connectivity index (χ0) is 15.3. The number of hydrogen-bond acceptors (Lipinski definition) is 3. The topological polar surface area (TPSA) is 69.6 Å². The highest BCUT2D eigenvalue weighted by atomic mass is 16.3. The molecule has 110 valence electrons. The van der Waals surface area contributed by atoms with E-state index < -0.39 is 0 Å². The van der Waals surface area contributed by atoms with Crippen LogP contribution in [0.2, 0.25) is 0 Å². The van der Waals surface area contributed by atoms with Gasteiger partial charge in [0.1, 0.15) is 5.75 Å². The summed E-state index contributed by atoms with van der Waals surface area (Å²) < 4.78 is 0. The monoisotopic (exact) mass is 278 g/mol. The molecule has 0 aliphatic heterocycles. The predicted octanol–water partition coefficient (Wildman–Crippen LogP) is 1.54. The van der Waals surface area contributed by atoms with E-state index in [4.69, 9.17) is 0 Å². The van der Waals surface area contributed by atoms with E-state index in [0.717, 1.165) is 0 Å². The first-order valence-corrected chi connectivity index (χ1v) is 6.63. The van der Waals surface area contributed by atoms with Crippen molar-refractivity contribution in [2.24, 2.45) is 5.92 Å². The summed E-state index contributed by atoms with van der Waals surface area (Å²) in [6.07, 6.45) is 0. The first kappa shape index (κ1) is 16.0. The first-order valence-electron chi connectivity index (χ1n) is 6.63. The van der Waals surface area contributed by atoms with E-state index in [1.807, 2.05) is 13.8 Å². The van der Waals surface area contributed by atoms with E-state index in [9.17, 15) is 14.7 Å². The number of rotatable bonds is 5. The summed E-state index contributed by atoms with van der Waals surface area (Å²) in [6.45, 7) is 6.35. The molecule has 2 N–H and O–H groups in total. The Labute approximate surface area is 119 Å². The maximum absolute atomic E-state index is 12.1. The van der Waals surface area contributed by atoms with Crippen molar-refractivity contribution >= 4 is 11.8 Å². The summed E-state index contributed by atoms with van der Waals surface area (Å²) in [6, 6.07) is 4.73. The van der Waals surface area contributed by atoms with Gasteiger partial charge < -0.3 is 15.3 Å². The van der Waals surface area contributed by atoms with Crippen molar-refractivity contribution in [1.82, 2.24) is 10.2 Å². The maximum atomic E-state index is 12.1. The Morgan fingerprint density at radius 1 is 1.35 bits per heavy atom. The lowest BCUT2D eigenvalue weighted by Crippen LogP contribution is -2.39. The zero-order valence-corrected chi connectivity index (χ0v) is 12.4. The molecular weight excluding hydrogens is 256 g/mol. The Morgan fingerprint density at radius 2 is 2.00 bits per heavy atom. The molecule has 1 rings (SSSR count). The lowest BCUT2D eigenvalue weighted by atomic mass is 10.1. The molecule has 0 saturated carbocycles. The Bertz CT molecular complexity index is 498. The van der Waals surface area contributed by atoms with Crippen LogP contribution in [0.1, 0.15) is 29.8 Å². The van der Waals surface area contributed by atoms with Gasteiger partial charge in [0, 0.05) is 19.2 Å². The molecule has 0 unspecified atom stereocenters. The fraction of sp³-hybridized carbons (Fsp3) is 0.467. The van der Waals surface area contributed by atoms with E-state index in [-0.39, 0.29) is 24.1 Å². The van der Waals surface area contributed by atoms with Crippen LogP contribution in [-0.2, 0) is 4.79 Å². The molecule has 0 radical (unpaired) electrons. The molecule has 5 nitrogen and oxygen atoms in total. The minimum absolute atomic E-state index is 0.000190. The van der Waals surface area contributed by atoms with Crippen molar-refractivity contribution in [3.8, 4) is 5.75 Å². The molecule has 2 amide bonds. The van der Waals surface area contributed by atoms with Gasteiger partial charge in [0.15, 0.2) is 0 Å². The highest BCUT2D eigenvalue weighted by Gasteiger charge is 2.15.